The summed E-state index contributed by atoms with van der Waals surface area (Å²) in [4.78, 5) is 10.3. The smallest absolute Gasteiger partial charge is 0.303 e. The molecule has 0 aliphatic rings. The van der Waals surface area contributed by atoms with Crippen LogP contribution >= 0.6 is 0 Å². The molecule has 0 aromatic carbocycles. The van der Waals surface area contributed by atoms with Gasteiger partial charge in [0.2, 0.25) is 0 Å². The first kappa shape index (κ1) is 27.6. The zero-order valence-electron chi connectivity index (χ0n) is 14.9. The van der Waals surface area contributed by atoms with Gasteiger partial charge in [0.15, 0.2) is 0 Å². The van der Waals surface area contributed by atoms with Crippen molar-refractivity contribution in [3.8, 4) is 0 Å². The second-order valence-corrected chi connectivity index (χ2v) is 6.09. The van der Waals surface area contributed by atoms with Gasteiger partial charge in [-0.25, -0.2) is 0 Å². The van der Waals surface area contributed by atoms with Crippen LogP contribution in [0.5, 0.6) is 0 Å². The normalized spacial score (nSPS) is 9.86. The number of unbranched alkanes of at least 4 members (excludes halogenated alkanes) is 14. The van der Waals surface area contributed by atoms with Gasteiger partial charge >= 0.3 is 5.97 Å². The molecule has 22 heavy (non-hydrogen) atoms. The first-order chi connectivity index (χ1) is 9.77. The Hall–Kier alpha value is 0.808. The maximum atomic E-state index is 10.3. The number of hydrogen-bond donors (Lipinski definition) is 1. The molecule has 0 amide bonds. The third kappa shape index (κ3) is 25.7. The third-order valence-corrected chi connectivity index (χ3v) is 3.99. The Morgan fingerprint density at radius 2 is 0.909 bits per heavy atom. The van der Waals surface area contributed by atoms with Crippen LogP contribution in [0.3, 0.4) is 0 Å². The maximum Gasteiger partial charge on any atom is 0.303 e. The minimum Gasteiger partial charge on any atom is -0.481 e. The maximum absolute atomic E-state index is 10.3. The van der Waals surface area contributed by atoms with E-state index in [2.05, 4.69) is 6.92 Å². The van der Waals surface area contributed by atoms with Crippen LogP contribution in [0.25, 0.3) is 0 Å². The van der Waals surface area contributed by atoms with Crippen molar-refractivity contribution in [1.29, 1.82) is 0 Å². The molecule has 0 atom stereocenters. The van der Waals surface area contributed by atoms with E-state index >= 15 is 0 Å². The number of hydrogen-bond acceptors (Lipinski definition) is 1. The van der Waals surface area contributed by atoms with E-state index in [4.69, 9.17) is 5.11 Å². The summed E-state index contributed by atoms with van der Waals surface area (Å²) < 4.78 is 0. The molecule has 0 rings (SSSR count). The summed E-state index contributed by atoms with van der Waals surface area (Å²) in [6.45, 7) is 2.27. The number of carbonyl (C=O) groups is 1. The standard InChI is InChI=1S/C18H36O2.Ti.Zn/c1-2-3-4-5-6-7-8-9-10-11-12-13-14-15-16-17-18(19)20;;/h2-17H2,1H3,(H,19,20);;. The van der Waals surface area contributed by atoms with Crippen molar-refractivity contribution in [3.63, 3.8) is 0 Å². The Kier molecular flexibility index (Phi) is 30.2. The molecule has 0 aromatic heterocycles. The van der Waals surface area contributed by atoms with Gasteiger partial charge in [0.05, 0.1) is 0 Å². The largest absolute Gasteiger partial charge is 0.481 e. The van der Waals surface area contributed by atoms with Crippen molar-refractivity contribution in [1.82, 2.24) is 0 Å². The molecule has 0 spiro atoms. The number of carboxylic acid groups (broad SMARTS) is 1. The molecular weight excluding hydrogens is 361 g/mol. The molecule has 0 fully saturated rings. The van der Waals surface area contributed by atoms with Crippen LogP contribution in [0, 0.1) is 0 Å². The van der Waals surface area contributed by atoms with Crippen molar-refractivity contribution in [2.24, 2.45) is 0 Å². The van der Waals surface area contributed by atoms with Crippen LogP contribution in [0.1, 0.15) is 110 Å². The Bertz CT molecular complexity index is 213. The Morgan fingerprint density at radius 3 is 1.18 bits per heavy atom. The molecule has 0 aliphatic heterocycles. The Labute approximate surface area is 166 Å². The van der Waals surface area contributed by atoms with Gasteiger partial charge in [0.25, 0.3) is 0 Å². The zero-order valence-corrected chi connectivity index (χ0v) is 19.4. The van der Waals surface area contributed by atoms with Crippen molar-refractivity contribution in [3.05, 3.63) is 0 Å². The van der Waals surface area contributed by atoms with Crippen LogP contribution in [0.2, 0.25) is 0 Å². The molecule has 126 valence electrons. The summed E-state index contributed by atoms with van der Waals surface area (Å²) >= 11 is 0. The van der Waals surface area contributed by atoms with Crippen LogP contribution in [0.15, 0.2) is 0 Å². The fraction of sp³-hybridized carbons (Fsp3) is 0.944. The second-order valence-electron chi connectivity index (χ2n) is 6.09. The van der Waals surface area contributed by atoms with E-state index in [9.17, 15) is 4.79 Å². The molecule has 1 N–H and O–H groups in total. The van der Waals surface area contributed by atoms with Gasteiger partial charge in [0, 0.05) is 47.6 Å². The van der Waals surface area contributed by atoms with Crippen LogP contribution in [-0.4, -0.2) is 11.1 Å². The SMILES string of the molecule is CCCCCCCCCCCCCCCCCC(=O)O.[Ti].[Zn]. The summed E-state index contributed by atoms with van der Waals surface area (Å²) in [6.07, 6.45) is 20.2. The van der Waals surface area contributed by atoms with Crippen LogP contribution in [0.4, 0.5) is 0 Å². The molecule has 0 bridgehead atoms. The Balaban J connectivity index is -0.00000180. The van der Waals surface area contributed by atoms with Gasteiger partial charge in [-0.3, -0.25) is 4.79 Å². The van der Waals surface area contributed by atoms with E-state index in [1.165, 1.54) is 83.5 Å². The first-order valence-corrected chi connectivity index (χ1v) is 8.99. The monoisotopic (exact) mass is 396 g/mol. The molecule has 0 unspecified atom stereocenters. The van der Waals surface area contributed by atoms with Crippen molar-refractivity contribution in [2.45, 2.75) is 110 Å². The summed E-state index contributed by atoms with van der Waals surface area (Å²) in [7, 11) is 0. The molecular formula is C18H36O2TiZn. The van der Waals surface area contributed by atoms with Gasteiger partial charge in [-0.2, -0.15) is 0 Å². The quantitative estimate of drug-likeness (QED) is 0.244. The molecule has 0 aliphatic carbocycles. The molecule has 4 heteroatoms. The molecule has 0 radical (unpaired) electrons. The topological polar surface area (TPSA) is 37.3 Å². The van der Waals surface area contributed by atoms with E-state index in [1.807, 2.05) is 0 Å². The van der Waals surface area contributed by atoms with E-state index in [0.29, 0.717) is 6.42 Å². The number of aliphatic carboxylic acids is 1. The van der Waals surface area contributed by atoms with Crippen molar-refractivity contribution < 1.29 is 51.1 Å². The second kappa shape index (κ2) is 24.1. The number of carboxylic acids is 1. The summed E-state index contributed by atoms with van der Waals surface area (Å²) in [5.41, 5.74) is 0. The zero-order chi connectivity index (χ0) is 14.9. The van der Waals surface area contributed by atoms with Crippen LogP contribution < -0.4 is 0 Å². The van der Waals surface area contributed by atoms with Gasteiger partial charge in [-0.1, -0.05) is 96.8 Å². The average molecular weight is 398 g/mol. The summed E-state index contributed by atoms with van der Waals surface area (Å²) in [6, 6.07) is 0. The predicted octanol–water partition coefficient (Wildman–Crippen LogP) is 6.33. The third-order valence-electron chi connectivity index (χ3n) is 3.99. The molecule has 2 nitrogen and oxygen atoms in total. The van der Waals surface area contributed by atoms with Gasteiger partial charge in [-0.15, -0.1) is 0 Å². The minimum absolute atomic E-state index is 0. The van der Waals surface area contributed by atoms with E-state index in [1.54, 1.807) is 0 Å². The van der Waals surface area contributed by atoms with Gasteiger partial charge in [0.1, 0.15) is 0 Å². The molecule has 0 saturated heterocycles. The average Bonchev–Trinajstić information content (AvgIpc) is 2.43. The fourth-order valence-corrected chi connectivity index (χ4v) is 2.65. The predicted molar refractivity (Wildman–Crippen MR) is 87.2 cm³/mol. The van der Waals surface area contributed by atoms with Gasteiger partial charge < -0.3 is 5.11 Å². The van der Waals surface area contributed by atoms with E-state index in [0.717, 1.165) is 12.8 Å². The summed E-state index contributed by atoms with van der Waals surface area (Å²) in [5, 5.41) is 8.52. The van der Waals surface area contributed by atoms with E-state index < -0.39 is 5.97 Å². The summed E-state index contributed by atoms with van der Waals surface area (Å²) in [5.74, 6) is -0.653. The minimum atomic E-state index is -0.653. The van der Waals surface area contributed by atoms with Crippen molar-refractivity contribution in [2.75, 3.05) is 0 Å². The Morgan fingerprint density at radius 1 is 0.636 bits per heavy atom. The van der Waals surface area contributed by atoms with E-state index in [-0.39, 0.29) is 41.2 Å². The van der Waals surface area contributed by atoms with Crippen LogP contribution in [-0.2, 0) is 46.0 Å². The fourth-order valence-electron chi connectivity index (χ4n) is 2.65. The molecule has 0 heterocycles. The first-order valence-electron chi connectivity index (χ1n) is 8.99. The molecule has 0 saturated carbocycles. The van der Waals surface area contributed by atoms with Crippen molar-refractivity contribution >= 4 is 5.97 Å². The number of rotatable bonds is 16. The molecule has 0 aromatic rings. The van der Waals surface area contributed by atoms with Gasteiger partial charge in [-0.05, 0) is 6.42 Å².